The number of alkyl halides is 3. The van der Waals surface area contributed by atoms with Crippen LogP contribution in [0, 0.1) is 0 Å². The Bertz CT molecular complexity index is 956. The number of hydrogen-bond donors (Lipinski definition) is 2. The predicted molar refractivity (Wildman–Crippen MR) is 105 cm³/mol. The van der Waals surface area contributed by atoms with Gasteiger partial charge in [-0.2, -0.15) is 9.67 Å². The number of nitrogens with zero attached hydrogens (tertiary/aromatic N) is 3. The summed E-state index contributed by atoms with van der Waals surface area (Å²) in [6, 6.07) is 17.4. The first-order chi connectivity index (χ1) is 12.8. The summed E-state index contributed by atoms with van der Waals surface area (Å²) in [5, 5.41) is 9.16. The quantitative estimate of drug-likeness (QED) is 0.623. The number of rotatable bonds is 4. The van der Waals surface area contributed by atoms with E-state index in [1.54, 1.807) is 54.6 Å². The molecule has 0 spiro atoms. The zero-order valence-electron chi connectivity index (χ0n) is 13.6. The van der Waals surface area contributed by atoms with E-state index in [2.05, 4.69) is 20.7 Å². The number of benzene rings is 2. The van der Waals surface area contributed by atoms with Crippen molar-refractivity contribution in [1.29, 1.82) is 0 Å². The number of hydrogen-bond acceptors (Lipinski definition) is 4. The van der Waals surface area contributed by atoms with Crippen molar-refractivity contribution in [1.82, 2.24) is 14.8 Å². The Labute approximate surface area is 169 Å². The van der Waals surface area contributed by atoms with Gasteiger partial charge in [0.1, 0.15) is 0 Å². The monoisotopic (exact) mass is 423 g/mol. The van der Waals surface area contributed by atoms with Crippen LogP contribution in [0.2, 0.25) is 0 Å². The second-order valence-electron chi connectivity index (χ2n) is 5.28. The number of carbonyl (C=O) groups is 2. The summed E-state index contributed by atoms with van der Waals surface area (Å²) >= 11 is 16.8. The molecule has 2 N–H and O–H groups in total. The van der Waals surface area contributed by atoms with Crippen molar-refractivity contribution in [3.05, 3.63) is 66.2 Å². The van der Waals surface area contributed by atoms with Gasteiger partial charge < -0.3 is 0 Å². The van der Waals surface area contributed by atoms with E-state index >= 15 is 0 Å². The van der Waals surface area contributed by atoms with Gasteiger partial charge in [-0.1, -0.05) is 71.2 Å². The Morgan fingerprint density at radius 1 is 0.889 bits per heavy atom. The van der Waals surface area contributed by atoms with Crippen molar-refractivity contribution in [3.8, 4) is 5.69 Å². The first-order valence-electron chi connectivity index (χ1n) is 7.61. The van der Waals surface area contributed by atoms with E-state index in [0.717, 1.165) is 0 Å². The lowest BCUT2D eigenvalue weighted by Gasteiger charge is -2.11. The van der Waals surface area contributed by atoms with Crippen molar-refractivity contribution in [2.24, 2.45) is 0 Å². The SMILES string of the molecule is O=C(Nc1nc(NC(=O)C(Cl)(Cl)Cl)n(-c2ccccc2)n1)c1ccccc1. The lowest BCUT2D eigenvalue weighted by molar-refractivity contribution is -0.115. The molecule has 2 amide bonds. The van der Waals surface area contributed by atoms with E-state index in [0.29, 0.717) is 11.3 Å². The molecule has 0 saturated heterocycles. The summed E-state index contributed by atoms with van der Waals surface area (Å²) in [6.07, 6.45) is 0. The number of anilines is 2. The molecule has 7 nitrogen and oxygen atoms in total. The Balaban J connectivity index is 1.92. The fourth-order valence-corrected chi connectivity index (χ4v) is 2.27. The molecule has 27 heavy (non-hydrogen) atoms. The number of amides is 2. The van der Waals surface area contributed by atoms with E-state index in [1.807, 2.05) is 6.07 Å². The average Bonchev–Trinajstić information content (AvgIpc) is 3.04. The molecule has 10 heteroatoms. The number of para-hydroxylation sites is 1. The molecular weight excluding hydrogens is 413 g/mol. The molecule has 0 saturated carbocycles. The van der Waals surface area contributed by atoms with E-state index < -0.39 is 15.6 Å². The van der Waals surface area contributed by atoms with Crippen LogP contribution in [0.25, 0.3) is 5.69 Å². The minimum atomic E-state index is -2.18. The minimum absolute atomic E-state index is 0.0131. The Morgan fingerprint density at radius 3 is 2.07 bits per heavy atom. The number of aromatic nitrogens is 3. The van der Waals surface area contributed by atoms with Crippen LogP contribution in [0.1, 0.15) is 10.4 Å². The largest absolute Gasteiger partial charge is 0.291 e. The molecule has 1 aromatic heterocycles. The van der Waals surface area contributed by atoms with Crippen molar-refractivity contribution in [2.45, 2.75) is 3.79 Å². The van der Waals surface area contributed by atoms with E-state index in [1.165, 1.54) is 4.68 Å². The normalized spacial score (nSPS) is 11.1. The van der Waals surface area contributed by atoms with Crippen molar-refractivity contribution >= 4 is 58.5 Å². The lowest BCUT2D eigenvalue weighted by atomic mass is 10.2. The first-order valence-corrected chi connectivity index (χ1v) is 8.75. The molecule has 0 atom stereocenters. The highest BCUT2D eigenvalue weighted by molar-refractivity contribution is 6.76. The van der Waals surface area contributed by atoms with Crippen LogP contribution < -0.4 is 10.6 Å². The smallest absolute Gasteiger partial charge is 0.278 e. The molecule has 2 aromatic carbocycles. The van der Waals surface area contributed by atoms with Crippen LogP contribution in [0.4, 0.5) is 11.9 Å². The number of carbonyl (C=O) groups excluding carboxylic acids is 2. The molecule has 3 aromatic rings. The maximum Gasteiger partial charge on any atom is 0.278 e. The summed E-state index contributed by atoms with van der Waals surface area (Å²) in [7, 11) is 0. The predicted octanol–water partition coefficient (Wildman–Crippen LogP) is 3.83. The van der Waals surface area contributed by atoms with Crippen molar-refractivity contribution < 1.29 is 9.59 Å². The maximum atomic E-state index is 12.3. The van der Waals surface area contributed by atoms with Crippen LogP contribution in [-0.4, -0.2) is 30.4 Å². The highest BCUT2D eigenvalue weighted by atomic mass is 35.6. The fraction of sp³-hybridized carbons (Fsp3) is 0.0588. The molecule has 0 bridgehead atoms. The standard InChI is InChI=1S/C17H12Cl3N5O2/c18-17(19,20)14(27)22-16-23-15(21-13(26)11-7-3-1-4-8-11)24-25(16)12-9-5-2-6-10-12/h1-10H,(H2,21,22,23,24,26,27). The molecule has 0 radical (unpaired) electrons. The molecule has 0 aliphatic carbocycles. The topological polar surface area (TPSA) is 88.9 Å². The van der Waals surface area contributed by atoms with Crippen LogP contribution in [0.5, 0.6) is 0 Å². The van der Waals surface area contributed by atoms with Gasteiger partial charge in [-0.15, -0.1) is 5.10 Å². The zero-order valence-corrected chi connectivity index (χ0v) is 15.8. The van der Waals surface area contributed by atoms with Gasteiger partial charge >= 0.3 is 0 Å². The second-order valence-corrected chi connectivity index (χ2v) is 7.56. The van der Waals surface area contributed by atoms with E-state index in [9.17, 15) is 9.59 Å². The van der Waals surface area contributed by atoms with Gasteiger partial charge in [-0.05, 0) is 24.3 Å². The third-order valence-electron chi connectivity index (χ3n) is 3.35. The average molecular weight is 425 g/mol. The van der Waals surface area contributed by atoms with Gasteiger partial charge in [0.15, 0.2) is 0 Å². The van der Waals surface area contributed by atoms with Gasteiger partial charge in [-0.3, -0.25) is 20.2 Å². The fourth-order valence-electron chi connectivity index (χ4n) is 2.13. The van der Waals surface area contributed by atoms with Gasteiger partial charge in [-0.25, -0.2) is 0 Å². The third kappa shape index (κ3) is 4.77. The third-order valence-corrected chi connectivity index (χ3v) is 3.87. The first kappa shape index (κ1) is 19.2. The van der Waals surface area contributed by atoms with Crippen molar-refractivity contribution in [3.63, 3.8) is 0 Å². The summed E-state index contributed by atoms with van der Waals surface area (Å²) < 4.78 is -0.865. The summed E-state index contributed by atoms with van der Waals surface area (Å²) in [4.78, 5) is 28.4. The summed E-state index contributed by atoms with van der Waals surface area (Å²) in [5.41, 5.74) is 1.02. The van der Waals surface area contributed by atoms with Crippen LogP contribution in [0.15, 0.2) is 60.7 Å². The molecule has 0 fully saturated rings. The Morgan fingerprint density at radius 2 is 1.48 bits per heavy atom. The summed E-state index contributed by atoms with van der Waals surface area (Å²) in [5.74, 6) is -1.34. The number of halogens is 3. The molecule has 0 aliphatic rings. The highest BCUT2D eigenvalue weighted by Gasteiger charge is 2.32. The summed E-state index contributed by atoms with van der Waals surface area (Å²) in [6.45, 7) is 0. The molecule has 0 unspecified atom stereocenters. The minimum Gasteiger partial charge on any atom is -0.291 e. The van der Waals surface area contributed by atoms with Gasteiger partial charge in [0.05, 0.1) is 5.69 Å². The van der Waals surface area contributed by atoms with Crippen LogP contribution in [0.3, 0.4) is 0 Å². The van der Waals surface area contributed by atoms with Gasteiger partial charge in [0, 0.05) is 5.56 Å². The lowest BCUT2D eigenvalue weighted by Crippen LogP contribution is -2.28. The molecule has 0 aliphatic heterocycles. The molecule has 3 rings (SSSR count). The maximum absolute atomic E-state index is 12.3. The van der Waals surface area contributed by atoms with Crippen molar-refractivity contribution in [2.75, 3.05) is 10.6 Å². The molecular formula is C17H12Cl3N5O2. The Kier molecular flexibility index (Phi) is 5.65. The van der Waals surface area contributed by atoms with Gasteiger partial charge in [0.25, 0.3) is 21.6 Å². The van der Waals surface area contributed by atoms with E-state index in [-0.39, 0.29) is 11.9 Å². The number of nitrogens with one attached hydrogen (secondary N) is 2. The van der Waals surface area contributed by atoms with E-state index in [4.69, 9.17) is 34.8 Å². The molecule has 138 valence electrons. The van der Waals surface area contributed by atoms with Crippen LogP contribution in [-0.2, 0) is 4.79 Å². The Hall–Kier alpha value is -2.61. The second kappa shape index (κ2) is 7.96. The molecule has 1 heterocycles. The van der Waals surface area contributed by atoms with Gasteiger partial charge in [0.2, 0.25) is 5.95 Å². The zero-order chi connectivity index (χ0) is 19.4. The highest BCUT2D eigenvalue weighted by Crippen LogP contribution is 2.28. The van der Waals surface area contributed by atoms with Crippen LogP contribution >= 0.6 is 34.8 Å².